The van der Waals surface area contributed by atoms with Crippen LogP contribution in [-0.2, 0) is 6.54 Å². The van der Waals surface area contributed by atoms with E-state index < -0.39 is 0 Å². The first-order chi connectivity index (χ1) is 9.02. The van der Waals surface area contributed by atoms with Crippen molar-refractivity contribution in [3.05, 3.63) is 45.6 Å². The predicted molar refractivity (Wildman–Crippen MR) is 90.2 cm³/mol. The van der Waals surface area contributed by atoms with Crippen molar-refractivity contribution >= 4 is 36.4 Å². The molecule has 0 fully saturated rings. The first-order valence-corrected chi connectivity index (χ1v) is 6.37. The van der Waals surface area contributed by atoms with Crippen LogP contribution in [0.5, 0.6) is 11.6 Å². The Labute approximate surface area is 141 Å². The molecule has 0 atom stereocenters. The topological polar surface area (TPSA) is 61.0 Å². The van der Waals surface area contributed by atoms with Crippen molar-refractivity contribution in [2.24, 2.45) is 5.73 Å². The number of hydrogen-bond acceptors (Lipinski definition) is 4. The Kier molecular flexibility index (Phi) is 7.96. The summed E-state index contributed by atoms with van der Waals surface area (Å²) in [4.78, 5) is 0. The highest BCUT2D eigenvalue weighted by Crippen LogP contribution is 2.28. The van der Waals surface area contributed by atoms with Crippen LogP contribution < -0.4 is 10.5 Å². The molecular formula is C14H18Cl3N3O. The fourth-order valence-electron chi connectivity index (χ4n) is 1.75. The monoisotopic (exact) mass is 349 g/mol. The Balaban J connectivity index is 0.00000200. The second-order valence-electron chi connectivity index (χ2n) is 4.41. The maximum atomic E-state index is 5.98. The van der Waals surface area contributed by atoms with Gasteiger partial charge in [0.25, 0.3) is 0 Å². The molecule has 0 unspecified atom stereocenters. The second-order valence-corrected chi connectivity index (χ2v) is 4.82. The van der Waals surface area contributed by atoms with Gasteiger partial charge >= 0.3 is 0 Å². The lowest BCUT2D eigenvalue weighted by molar-refractivity contribution is 0.446. The molecule has 1 heterocycles. The molecule has 0 aliphatic rings. The zero-order valence-corrected chi connectivity index (χ0v) is 14.4. The molecule has 0 saturated heterocycles. The Morgan fingerprint density at radius 3 is 2.38 bits per heavy atom. The van der Waals surface area contributed by atoms with E-state index in [0.717, 1.165) is 22.4 Å². The van der Waals surface area contributed by atoms with Gasteiger partial charge in [0.05, 0.1) is 5.69 Å². The average Bonchev–Trinajstić information content (AvgIpc) is 2.39. The third kappa shape index (κ3) is 4.45. The zero-order chi connectivity index (χ0) is 14.0. The van der Waals surface area contributed by atoms with Crippen molar-refractivity contribution in [2.45, 2.75) is 27.3 Å². The Hall–Kier alpha value is -1.07. The van der Waals surface area contributed by atoms with Crippen LogP contribution in [0.15, 0.2) is 18.2 Å². The summed E-state index contributed by atoms with van der Waals surface area (Å²) in [6.07, 6.45) is 0. The van der Waals surface area contributed by atoms with Gasteiger partial charge in [0.15, 0.2) is 0 Å². The minimum absolute atomic E-state index is 0. The molecule has 0 aliphatic carbocycles. The standard InChI is InChI=1S/C14H16ClN3O.2ClH/c1-8-6-11(4-5-13(8)15)19-14-12(7-16)9(2)10(3)17-18-14;;/h4-6H,7,16H2,1-3H3;2*1H. The maximum Gasteiger partial charge on any atom is 0.243 e. The van der Waals surface area contributed by atoms with Crippen LogP contribution >= 0.6 is 36.4 Å². The lowest BCUT2D eigenvalue weighted by Crippen LogP contribution is -2.07. The molecule has 0 bridgehead atoms. The summed E-state index contributed by atoms with van der Waals surface area (Å²) >= 11 is 5.98. The van der Waals surface area contributed by atoms with Gasteiger partial charge < -0.3 is 10.5 Å². The highest BCUT2D eigenvalue weighted by Gasteiger charge is 2.12. The molecular weight excluding hydrogens is 333 g/mol. The van der Waals surface area contributed by atoms with Crippen LogP contribution in [0.4, 0.5) is 0 Å². The van der Waals surface area contributed by atoms with Gasteiger partial charge in [0.2, 0.25) is 5.88 Å². The van der Waals surface area contributed by atoms with Crippen LogP contribution in [0.25, 0.3) is 0 Å². The third-order valence-electron chi connectivity index (χ3n) is 3.09. The summed E-state index contributed by atoms with van der Waals surface area (Å²) in [6.45, 7) is 6.15. The minimum atomic E-state index is 0. The van der Waals surface area contributed by atoms with Gasteiger partial charge in [0.1, 0.15) is 5.75 Å². The summed E-state index contributed by atoms with van der Waals surface area (Å²) in [6, 6.07) is 5.45. The smallest absolute Gasteiger partial charge is 0.243 e. The van der Waals surface area contributed by atoms with E-state index in [9.17, 15) is 0 Å². The van der Waals surface area contributed by atoms with Gasteiger partial charge in [-0.25, -0.2) is 0 Å². The minimum Gasteiger partial charge on any atom is -0.437 e. The van der Waals surface area contributed by atoms with E-state index in [1.54, 1.807) is 12.1 Å². The van der Waals surface area contributed by atoms with Gasteiger partial charge in [-0.3, -0.25) is 0 Å². The highest BCUT2D eigenvalue weighted by molar-refractivity contribution is 6.31. The van der Waals surface area contributed by atoms with Crippen LogP contribution in [0, 0.1) is 20.8 Å². The SMILES string of the molecule is Cc1cc(Oc2nnc(C)c(C)c2CN)ccc1Cl.Cl.Cl. The summed E-state index contributed by atoms with van der Waals surface area (Å²) in [5, 5.41) is 8.84. The summed E-state index contributed by atoms with van der Waals surface area (Å²) < 4.78 is 5.76. The fourth-order valence-corrected chi connectivity index (χ4v) is 1.87. The Morgan fingerprint density at radius 2 is 1.81 bits per heavy atom. The van der Waals surface area contributed by atoms with E-state index in [1.165, 1.54) is 0 Å². The van der Waals surface area contributed by atoms with Gasteiger partial charge in [0, 0.05) is 17.1 Å². The van der Waals surface area contributed by atoms with Crippen LogP contribution in [0.3, 0.4) is 0 Å². The molecule has 0 amide bonds. The van der Waals surface area contributed by atoms with E-state index in [0.29, 0.717) is 23.2 Å². The lowest BCUT2D eigenvalue weighted by Gasteiger charge is -2.12. The number of aromatic nitrogens is 2. The number of benzene rings is 1. The van der Waals surface area contributed by atoms with E-state index >= 15 is 0 Å². The van der Waals surface area contributed by atoms with Crippen molar-refractivity contribution in [2.75, 3.05) is 0 Å². The predicted octanol–water partition coefficient (Wildman–Crippen LogP) is 4.15. The molecule has 4 nitrogen and oxygen atoms in total. The first-order valence-electron chi connectivity index (χ1n) is 5.99. The molecule has 0 saturated carbocycles. The molecule has 2 aromatic rings. The van der Waals surface area contributed by atoms with Crippen molar-refractivity contribution in [1.29, 1.82) is 0 Å². The number of halogens is 3. The molecule has 2 N–H and O–H groups in total. The molecule has 1 aromatic heterocycles. The molecule has 0 spiro atoms. The lowest BCUT2D eigenvalue weighted by atomic mass is 10.1. The average molecular weight is 351 g/mol. The van der Waals surface area contributed by atoms with Crippen molar-refractivity contribution in [3.8, 4) is 11.6 Å². The first kappa shape index (κ1) is 19.9. The molecule has 0 radical (unpaired) electrons. The van der Waals surface area contributed by atoms with E-state index in [2.05, 4.69) is 10.2 Å². The zero-order valence-electron chi connectivity index (χ0n) is 12.0. The van der Waals surface area contributed by atoms with Crippen molar-refractivity contribution < 1.29 is 4.74 Å². The Morgan fingerprint density at radius 1 is 1.14 bits per heavy atom. The van der Waals surface area contributed by atoms with E-state index in [4.69, 9.17) is 22.1 Å². The van der Waals surface area contributed by atoms with E-state index in [-0.39, 0.29) is 24.8 Å². The number of hydrogen-bond donors (Lipinski definition) is 1. The summed E-state index contributed by atoms with van der Waals surface area (Å²) in [5.74, 6) is 1.13. The van der Waals surface area contributed by atoms with Crippen LogP contribution in [0.1, 0.15) is 22.4 Å². The molecule has 0 aliphatic heterocycles. The Bertz CT molecular complexity index is 621. The van der Waals surface area contributed by atoms with Gasteiger partial charge in [-0.05, 0) is 50.1 Å². The fraction of sp³-hybridized carbons (Fsp3) is 0.286. The number of rotatable bonds is 3. The number of nitrogens with zero attached hydrogens (tertiary/aromatic N) is 2. The van der Waals surface area contributed by atoms with E-state index in [1.807, 2.05) is 26.8 Å². The van der Waals surface area contributed by atoms with Gasteiger partial charge in [-0.15, -0.1) is 29.9 Å². The van der Waals surface area contributed by atoms with Crippen LogP contribution in [-0.4, -0.2) is 10.2 Å². The number of nitrogens with two attached hydrogens (primary N) is 1. The molecule has 116 valence electrons. The highest BCUT2D eigenvalue weighted by atomic mass is 35.5. The van der Waals surface area contributed by atoms with Crippen LogP contribution in [0.2, 0.25) is 5.02 Å². The normalized spacial score (nSPS) is 9.57. The molecule has 2 rings (SSSR count). The van der Waals surface area contributed by atoms with Gasteiger partial charge in [-0.1, -0.05) is 11.6 Å². The van der Waals surface area contributed by atoms with Gasteiger partial charge in [-0.2, -0.15) is 5.10 Å². The third-order valence-corrected chi connectivity index (χ3v) is 3.52. The number of aryl methyl sites for hydroxylation is 2. The summed E-state index contributed by atoms with van der Waals surface area (Å²) in [5.41, 5.74) is 9.46. The maximum absolute atomic E-state index is 5.98. The molecule has 7 heteroatoms. The summed E-state index contributed by atoms with van der Waals surface area (Å²) in [7, 11) is 0. The van der Waals surface area contributed by atoms with Crippen molar-refractivity contribution in [1.82, 2.24) is 10.2 Å². The largest absolute Gasteiger partial charge is 0.437 e. The van der Waals surface area contributed by atoms with Crippen molar-refractivity contribution in [3.63, 3.8) is 0 Å². The molecule has 21 heavy (non-hydrogen) atoms. The molecule has 1 aromatic carbocycles. The number of ether oxygens (including phenoxy) is 1. The quantitative estimate of drug-likeness (QED) is 0.903. The second kappa shape index (κ2) is 8.39.